The molecule has 24 heavy (non-hydrogen) atoms. The van der Waals surface area contributed by atoms with E-state index in [2.05, 4.69) is 6.07 Å². The van der Waals surface area contributed by atoms with Gasteiger partial charge in [0.25, 0.3) is 0 Å². The van der Waals surface area contributed by atoms with E-state index < -0.39 is 15.1 Å². The van der Waals surface area contributed by atoms with Gasteiger partial charge >= 0.3 is 0 Å². The zero-order chi connectivity index (χ0) is 17.5. The highest BCUT2D eigenvalue weighted by Crippen LogP contribution is 2.29. The molecule has 0 aliphatic heterocycles. The molecule has 5 nitrogen and oxygen atoms in total. The third kappa shape index (κ3) is 3.07. The molecule has 3 rings (SSSR count). The van der Waals surface area contributed by atoms with Crippen LogP contribution in [0.15, 0.2) is 30.3 Å². The number of carbonyl (C=O) groups is 1. The Morgan fingerprint density at radius 2 is 2.00 bits per heavy atom. The number of para-hydroxylation sites is 1. The van der Waals surface area contributed by atoms with Gasteiger partial charge in [0.2, 0.25) is 5.91 Å². The Kier molecular flexibility index (Phi) is 4.42. The van der Waals surface area contributed by atoms with Crippen molar-refractivity contribution in [2.75, 3.05) is 13.3 Å². The fraction of sp³-hybridized carbons (Fsp3) is 0.500. The van der Waals surface area contributed by atoms with Crippen LogP contribution in [0.1, 0.15) is 25.0 Å². The van der Waals surface area contributed by atoms with E-state index in [0.29, 0.717) is 6.42 Å². The van der Waals surface area contributed by atoms with Crippen LogP contribution in [0.25, 0.3) is 10.9 Å². The molecule has 1 fully saturated rings. The molecule has 1 saturated carbocycles. The Balaban J connectivity index is 1.83. The Bertz CT molecular complexity index is 870. The number of hydrogen-bond acceptors (Lipinski definition) is 3. The van der Waals surface area contributed by atoms with Crippen molar-refractivity contribution in [3.8, 4) is 0 Å². The first kappa shape index (κ1) is 17.0. The third-order valence-electron chi connectivity index (χ3n) is 5.17. The summed E-state index contributed by atoms with van der Waals surface area (Å²) in [6.45, 7) is 2.23. The molecule has 1 heterocycles. The predicted molar refractivity (Wildman–Crippen MR) is 95.7 cm³/mol. The van der Waals surface area contributed by atoms with E-state index in [4.69, 9.17) is 0 Å². The summed E-state index contributed by atoms with van der Waals surface area (Å²) in [5.41, 5.74) is 2.06. The molecule has 130 valence electrons. The Labute approximate surface area is 143 Å². The minimum Gasteiger partial charge on any atom is -0.340 e. The molecule has 2 aromatic rings. The first-order valence-electron chi connectivity index (χ1n) is 8.28. The van der Waals surface area contributed by atoms with Crippen molar-refractivity contribution in [3.05, 3.63) is 36.0 Å². The number of nitrogens with zero attached hydrogens (tertiary/aromatic N) is 2. The second-order valence-corrected chi connectivity index (χ2v) is 9.07. The molecule has 0 unspecified atom stereocenters. The van der Waals surface area contributed by atoms with Crippen molar-refractivity contribution in [1.82, 2.24) is 9.47 Å². The monoisotopic (exact) mass is 348 g/mol. The number of rotatable bonds is 4. The average molecular weight is 348 g/mol. The van der Waals surface area contributed by atoms with Crippen LogP contribution in [-0.2, 0) is 21.2 Å². The molecule has 1 aromatic carbocycles. The summed E-state index contributed by atoms with van der Waals surface area (Å²) >= 11 is 0. The number of benzene rings is 1. The maximum Gasteiger partial charge on any atom is 0.242 e. The van der Waals surface area contributed by atoms with Crippen LogP contribution in [0, 0.1) is 6.92 Å². The van der Waals surface area contributed by atoms with Crippen molar-refractivity contribution in [1.29, 1.82) is 0 Å². The van der Waals surface area contributed by atoms with Crippen LogP contribution in [0.5, 0.6) is 0 Å². The van der Waals surface area contributed by atoms with Crippen LogP contribution in [0.2, 0.25) is 0 Å². The second kappa shape index (κ2) is 6.24. The summed E-state index contributed by atoms with van der Waals surface area (Å²) in [6.07, 6.45) is 3.53. The van der Waals surface area contributed by atoms with E-state index in [1.165, 1.54) is 6.26 Å². The van der Waals surface area contributed by atoms with Crippen LogP contribution in [0.4, 0.5) is 0 Å². The first-order chi connectivity index (χ1) is 11.3. The van der Waals surface area contributed by atoms with Gasteiger partial charge in [0.05, 0.1) is 5.25 Å². The largest absolute Gasteiger partial charge is 0.340 e. The topological polar surface area (TPSA) is 59.4 Å². The van der Waals surface area contributed by atoms with Crippen LogP contribution >= 0.6 is 0 Å². The van der Waals surface area contributed by atoms with Crippen molar-refractivity contribution < 1.29 is 13.2 Å². The molecule has 0 saturated heterocycles. The van der Waals surface area contributed by atoms with E-state index in [0.717, 1.165) is 29.4 Å². The molecule has 1 aromatic heterocycles. The highest BCUT2D eigenvalue weighted by Gasteiger charge is 2.38. The fourth-order valence-electron chi connectivity index (χ4n) is 3.84. The Hall–Kier alpha value is -1.82. The van der Waals surface area contributed by atoms with Crippen molar-refractivity contribution in [2.24, 2.45) is 0 Å². The molecule has 0 N–H and O–H groups in total. The third-order valence-corrected chi connectivity index (χ3v) is 6.82. The number of likely N-dealkylation sites (N-methyl/N-ethyl adjacent to an activating group) is 1. The fourth-order valence-corrected chi connectivity index (χ4v) is 5.32. The van der Waals surface area contributed by atoms with Crippen LogP contribution < -0.4 is 0 Å². The van der Waals surface area contributed by atoms with Gasteiger partial charge in [0, 0.05) is 30.6 Å². The van der Waals surface area contributed by atoms with E-state index in [9.17, 15) is 13.2 Å². The highest BCUT2D eigenvalue weighted by molar-refractivity contribution is 7.91. The Morgan fingerprint density at radius 3 is 2.71 bits per heavy atom. The van der Waals surface area contributed by atoms with E-state index in [1.54, 1.807) is 11.9 Å². The number of fused-ring (bicyclic) bond motifs is 1. The standard InChI is InChI=1S/C18H24N2O3S/c1-13-11-14-7-4-5-8-15(14)20(13)12-18(21)19(2)16-9-6-10-17(16)24(3,22)23/h4-5,7-8,11,16-17H,6,9-10,12H2,1-3H3/t16-,17-/m1/s1. The predicted octanol–water partition coefficient (Wildman–Crippen LogP) is 2.37. The van der Waals surface area contributed by atoms with Crippen molar-refractivity contribution in [2.45, 2.75) is 44.0 Å². The minimum absolute atomic E-state index is 0.0417. The van der Waals surface area contributed by atoms with Gasteiger partial charge in [-0.3, -0.25) is 4.79 Å². The second-order valence-electron chi connectivity index (χ2n) is 6.80. The van der Waals surface area contributed by atoms with Gasteiger partial charge in [-0.25, -0.2) is 8.42 Å². The molecule has 2 atom stereocenters. The van der Waals surface area contributed by atoms with Crippen LogP contribution in [0.3, 0.4) is 0 Å². The normalized spacial score (nSPS) is 21.3. The molecule has 0 radical (unpaired) electrons. The van der Waals surface area contributed by atoms with Crippen LogP contribution in [-0.4, -0.2) is 48.4 Å². The number of amides is 1. The lowest BCUT2D eigenvalue weighted by molar-refractivity contribution is -0.132. The summed E-state index contributed by atoms with van der Waals surface area (Å²) < 4.78 is 25.9. The number of hydrogen-bond donors (Lipinski definition) is 0. The van der Waals surface area contributed by atoms with Crippen molar-refractivity contribution >= 4 is 26.6 Å². The van der Waals surface area contributed by atoms with Gasteiger partial charge in [-0.1, -0.05) is 18.2 Å². The highest BCUT2D eigenvalue weighted by atomic mass is 32.2. The number of carbonyl (C=O) groups excluding carboxylic acids is 1. The molecule has 1 amide bonds. The quantitative estimate of drug-likeness (QED) is 0.852. The summed E-state index contributed by atoms with van der Waals surface area (Å²) in [6, 6.07) is 9.83. The summed E-state index contributed by atoms with van der Waals surface area (Å²) in [5, 5.41) is 0.675. The Morgan fingerprint density at radius 1 is 1.29 bits per heavy atom. The average Bonchev–Trinajstić information content (AvgIpc) is 3.12. The molecular weight excluding hydrogens is 324 g/mol. The smallest absolute Gasteiger partial charge is 0.242 e. The maximum absolute atomic E-state index is 12.8. The molecule has 1 aliphatic rings. The first-order valence-corrected chi connectivity index (χ1v) is 10.2. The van der Waals surface area contributed by atoms with Gasteiger partial charge in [-0.05, 0) is 43.7 Å². The van der Waals surface area contributed by atoms with Crippen molar-refractivity contribution in [3.63, 3.8) is 0 Å². The number of sulfone groups is 1. The van der Waals surface area contributed by atoms with E-state index in [1.807, 2.05) is 35.8 Å². The zero-order valence-electron chi connectivity index (χ0n) is 14.4. The number of aromatic nitrogens is 1. The summed E-state index contributed by atoms with van der Waals surface area (Å²) in [7, 11) is -1.40. The van der Waals surface area contributed by atoms with Gasteiger partial charge in [-0.15, -0.1) is 0 Å². The SMILES string of the molecule is Cc1cc2ccccc2n1CC(=O)N(C)[C@@H]1CCC[C@H]1S(C)(=O)=O. The minimum atomic E-state index is -3.14. The maximum atomic E-state index is 12.8. The lowest BCUT2D eigenvalue weighted by Crippen LogP contribution is -2.45. The van der Waals surface area contributed by atoms with Gasteiger partial charge in [0.1, 0.15) is 6.54 Å². The molecule has 1 aliphatic carbocycles. The zero-order valence-corrected chi connectivity index (χ0v) is 15.2. The van der Waals surface area contributed by atoms with Gasteiger partial charge < -0.3 is 9.47 Å². The van der Waals surface area contributed by atoms with E-state index >= 15 is 0 Å². The summed E-state index contributed by atoms with van der Waals surface area (Å²) in [5.74, 6) is -0.0417. The lowest BCUT2D eigenvalue weighted by Gasteiger charge is -2.29. The molecule has 0 bridgehead atoms. The van der Waals surface area contributed by atoms with Gasteiger partial charge in [-0.2, -0.15) is 0 Å². The number of aryl methyl sites for hydroxylation is 1. The van der Waals surface area contributed by atoms with Gasteiger partial charge in [0.15, 0.2) is 9.84 Å². The molecular formula is C18H24N2O3S. The van der Waals surface area contributed by atoms with E-state index in [-0.39, 0.29) is 18.5 Å². The lowest BCUT2D eigenvalue weighted by atomic mass is 10.2. The molecule has 6 heteroatoms. The molecule has 0 spiro atoms. The summed E-state index contributed by atoms with van der Waals surface area (Å²) in [4.78, 5) is 14.4.